The van der Waals surface area contributed by atoms with Crippen LogP contribution in [0.15, 0.2) is 6.20 Å². The molecule has 1 saturated heterocycles. The molecule has 0 aliphatic carbocycles. The monoisotopic (exact) mass is 363 g/mol. The Morgan fingerprint density at radius 2 is 1.92 bits per heavy atom. The molecule has 1 unspecified atom stereocenters. The summed E-state index contributed by atoms with van der Waals surface area (Å²) in [5.74, 6) is 0. The van der Waals surface area contributed by atoms with Crippen LogP contribution in [-0.2, 0) is 27.0 Å². The molecule has 0 aromatic carbocycles. The molecular formula is C18H30BN3O4. The van der Waals surface area contributed by atoms with Crippen molar-refractivity contribution in [1.82, 2.24) is 15.1 Å². The number of amides is 1. The van der Waals surface area contributed by atoms with Gasteiger partial charge >= 0.3 is 13.2 Å². The molecule has 3 rings (SSSR count). The van der Waals surface area contributed by atoms with Gasteiger partial charge < -0.3 is 19.4 Å². The highest BCUT2D eigenvalue weighted by Gasteiger charge is 2.53. The van der Waals surface area contributed by atoms with Crippen molar-refractivity contribution >= 4 is 18.7 Å². The first-order valence-electron chi connectivity index (χ1n) is 9.28. The summed E-state index contributed by atoms with van der Waals surface area (Å²) >= 11 is 0. The van der Waals surface area contributed by atoms with Crippen LogP contribution >= 0.6 is 0 Å². The maximum Gasteiger partial charge on any atom is 0.498 e. The zero-order valence-electron chi connectivity index (χ0n) is 16.9. The van der Waals surface area contributed by atoms with Crippen molar-refractivity contribution in [3.05, 3.63) is 11.9 Å². The lowest BCUT2D eigenvalue weighted by Crippen LogP contribution is -2.45. The van der Waals surface area contributed by atoms with Crippen LogP contribution in [0.2, 0.25) is 0 Å². The molecule has 2 aliphatic rings. The highest BCUT2D eigenvalue weighted by atomic mass is 16.7. The Morgan fingerprint density at radius 3 is 2.50 bits per heavy atom. The summed E-state index contributed by atoms with van der Waals surface area (Å²) in [6.45, 7) is 14.5. The molecule has 1 N–H and O–H groups in total. The van der Waals surface area contributed by atoms with Gasteiger partial charge in [0.1, 0.15) is 5.60 Å². The van der Waals surface area contributed by atoms with Crippen LogP contribution in [0.4, 0.5) is 4.79 Å². The van der Waals surface area contributed by atoms with Gasteiger partial charge in [0.15, 0.2) is 0 Å². The number of hydrogen-bond acceptors (Lipinski definition) is 5. The molecule has 1 atom stereocenters. The molecule has 2 aliphatic heterocycles. The molecule has 1 amide bonds. The molecule has 0 radical (unpaired) electrons. The van der Waals surface area contributed by atoms with E-state index in [-0.39, 0.29) is 12.1 Å². The number of carbonyl (C=O) groups excluding carboxylic acids is 1. The quantitative estimate of drug-likeness (QED) is 0.814. The van der Waals surface area contributed by atoms with E-state index in [9.17, 15) is 4.79 Å². The van der Waals surface area contributed by atoms with E-state index < -0.39 is 23.9 Å². The predicted octanol–water partition coefficient (Wildman–Crippen LogP) is 2.02. The highest BCUT2D eigenvalue weighted by molar-refractivity contribution is 6.62. The second kappa shape index (κ2) is 6.27. The van der Waals surface area contributed by atoms with Gasteiger partial charge in [-0.3, -0.25) is 4.68 Å². The topological polar surface area (TPSA) is 74.6 Å². The molecule has 1 aromatic heterocycles. The molecule has 26 heavy (non-hydrogen) atoms. The van der Waals surface area contributed by atoms with Crippen LogP contribution in [0.25, 0.3) is 0 Å². The van der Waals surface area contributed by atoms with Crippen LogP contribution in [0.3, 0.4) is 0 Å². The van der Waals surface area contributed by atoms with Gasteiger partial charge in [-0.25, -0.2) is 4.79 Å². The molecule has 144 valence electrons. The number of hydrogen-bond donors (Lipinski definition) is 1. The molecule has 0 spiro atoms. The van der Waals surface area contributed by atoms with Gasteiger partial charge in [-0.05, 0) is 54.9 Å². The van der Waals surface area contributed by atoms with Gasteiger partial charge in [-0.1, -0.05) is 0 Å². The fourth-order valence-corrected chi connectivity index (χ4v) is 3.22. The van der Waals surface area contributed by atoms with Crippen LogP contribution < -0.4 is 10.8 Å². The highest BCUT2D eigenvalue weighted by Crippen LogP contribution is 2.36. The summed E-state index contributed by atoms with van der Waals surface area (Å²) in [7, 11) is -0.441. The predicted molar refractivity (Wildman–Crippen MR) is 99.4 cm³/mol. The molecule has 3 heterocycles. The number of alkyl carbamates (subject to hydrolysis) is 1. The second-order valence-corrected chi connectivity index (χ2v) is 9.19. The third-order valence-corrected chi connectivity index (χ3v) is 5.34. The standard InChI is InChI=1S/C18H30BN3O4/c1-16(2,3)24-15(23)21-12-8-9-22-14(10-12)13(11-20-22)19-25-17(4,5)18(6,7)26-19/h11-12H,8-10H2,1-7H3,(H,21,23). The lowest BCUT2D eigenvalue weighted by molar-refractivity contribution is 0.00578. The Labute approximate surface area is 155 Å². The van der Waals surface area contributed by atoms with Crippen molar-refractivity contribution in [1.29, 1.82) is 0 Å². The SMILES string of the molecule is CC(C)(C)OC(=O)NC1CCn2ncc(B3OC(C)(C)C(C)(C)O3)c2C1. The summed E-state index contributed by atoms with van der Waals surface area (Å²) in [6, 6.07) is 0.00947. The number of aryl methyl sites for hydroxylation is 1. The Hall–Kier alpha value is -1.54. The normalized spacial score (nSPS) is 24.3. The van der Waals surface area contributed by atoms with Crippen molar-refractivity contribution in [2.24, 2.45) is 0 Å². The Balaban J connectivity index is 1.72. The molecule has 8 heteroatoms. The number of aromatic nitrogens is 2. The Bertz CT molecular complexity index is 677. The first-order valence-corrected chi connectivity index (χ1v) is 9.28. The van der Waals surface area contributed by atoms with Gasteiger partial charge in [-0.2, -0.15) is 5.10 Å². The zero-order valence-corrected chi connectivity index (χ0v) is 16.9. The number of fused-ring (bicyclic) bond motifs is 1. The summed E-state index contributed by atoms with van der Waals surface area (Å²) < 4.78 is 19.7. The lowest BCUT2D eigenvalue weighted by atomic mass is 9.77. The van der Waals surface area contributed by atoms with E-state index in [0.717, 1.165) is 24.1 Å². The molecule has 7 nitrogen and oxygen atoms in total. The number of carbonyl (C=O) groups is 1. The van der Waals surface area contributed by atoms with E-state index in [0.29, 0.717) is 6.42 Å². The molecule has 0 bridgehead atoms. The van der Waals surface area contributed by atoms with E-state index in [1.54, 1.807) is 0 Å². The van der Waals surface area contributed by atoms with E-state index in [4.69, 9.17) is 14.0 Å². The number of nitrogens with zero attached hydrogens (tertiary/aromatic N) is 2. The van der Waals surface area contributed by atoms with Gasteiger partial charge in [0.25, 0.3) is 0 Å². The second-order valence-electron chi connectivity index (χ2n) is 9.19. The van der Waals surface area contributed by atoms with E-state index in [1.165, 1.54) is 0 Å². The minimum atomic E-state index is -0.506. The smallest absolute Gasteiger partial charge is 0.444 e. The fourth-order valence-electron chi connectivity index (χ4n) is 3.22. The molecule has 1 fully saturated rings. The average Bonchev–Trinajstić information content (AvgIpc) is 2.95. The first-order chi connectivity index (χ1) is 11.9. The van der Waals surface area contributed by atoms with Gasteiger partial charge in [0.2, 0.25) is 0 Å². The molecular weight excluding hydrogens is 333 g/mol. The van der Waals surface area contributed by atoms with Crippen molar-refractivity contribution in [2.75, 3.05) is 0 Å². The number of nitrogens with one attached hydrogen (secondary N) is 1. The molecule has 1 aromatic rings. The Morgan fingerprint density at radius 1 is 1.31 bits per heavy atom. The maximum atomic E-state index is 12.1. The zero-order chi connectivity index (χ0) is 19.3. The van der Waals surface area contributed by atoms with E-state index in [1.807, 2.05) is 59.3 Å². The lowest BCUT2D eigenvalue weighted by Gasteiger charge is -2.32. The number of rotatable bonds is 2. The van der Waals surface area contributed by atoms with Crippen molar-refractivity contribution in [3.8, 4) is 0 Å². The Kier molecular flexibility index (Phi) is 4.64. The third-order valence-electron chi connectivity index (χ3n) is 5.34. The minimum Gasteiger partial charge on any atom is -0.444 e. The van der Waals surface area contributed by atoms with Crippen LogP contribution in [0, 0.1) is 0 Å². The van der Waals surface area contributed by atoms with Crippen LogP contribution in [0.1, 0.15) is 60.6 Å². The fraction of sp³-hybridized carbons (Fsp3) is 0.778. The minimum absolute atomic E-state index is 0.00947. The van der Waals surface area contributed by atoms with Crippen molar-refractivity contribution in [2.45, 2.75) is 90.7 Å². The number of ether oxygens (including phenoxy) is 1. The van der Waals surface area contributed by atoms with Crippen molar-refractivity contribution < 1.29 is 18.8 Å². The van der Waals surface area contributed by atoms with E-state index in [2.05, 4.69) is 10.4 Å². The summed E-state index contributed by atoms with van der Waals surface area (Å²) in [5, 5.41) is 7.46. The van der Waals surface area contributed by atoms with Gasteiger partial charge in [0, 0.05) is 36.4 Å². The van der Waals surface area contributed by atoms with Crippen LogP contribution in [-0.4, -0.2) is 45.8 Å². The van der Waals surface area contributed by atoms with Gasteiger partial charge in [-0.15, -0.1) is 0 Å². The first kappa shape index (κ1) is 19.2. The summed E-state index contributed by atoms with van der Waals surface area (Å²) in [4.78, 5) is 12.1. The summed E-state index contributed by atoms with van der Waals surface area (Å²) in [6.07, 6.45) is 2.94. The summed E-state index contributed by atoms with van der Waals surface area (Å²) in [5.41, 5.74) is 0.703. The maximum absolute atomic E-state index is 12.1. The third kappa shape index (κ3) is 3.76. The largest absolute Gasteiger partial charge is 0.498 e. The van der Waals surface area contributed by atoms with E-state index >= 15 is 0 Å². The van der Waals surface area contributed by atoms with Crippen LogP contribution in [0.5, 0.6) is 0 Å². The molecule has 0 saturated carbocycles. The van der Waals surface area contributed by atoms with Crippen molar-refractivity contribution in [3.63, 3.8) is 0 Å². The van der Waals surface area contributed by atoms with Gasteiger partial charge in [0.05, 0.1) is 11.2 Å². The average molecular weight is 363 g/mol.